The number of halogens is 2. The molecule has 0 aliphatic heterocycles. The third kappa shape index (κ3) is 4.37. The Bertz CT molecular complexity index is 1130. The van der Waals surface area contributed by atoms with Crippen LogP contribution in [0.4, 0.5) is 4.39 Å². The van der Waals surface area contributed by atoms with Crippen LogP contribution in [0.5, 0.6) is 0 Å². The standard InChI is InChI=1S/C22H23ClFN3O3/c1-14(20-25-19-13-15(23)9-10-17(19)21(28)26(20)2)27(11-6-12-30-3)22(29)16-7-4-5-8-18(16)24/h4-5,7-10,13-14H,6,11-12H2,1-3H3. The first-order chi connectivity index (χ1) is 14.3. The van der Waals surface area contributed by atoms with E-state index in [2.05, 4.69) is 4.98 Å². The fraction of sp³-hybridized carbons (Fsp3) is 0.318. The van der Waals surface area contributed by atoms with Crippen LogP contribution in [-0.4, -0.2) is 40.6 Å². The first-order valence-electron chi connectivity index (χ1n) is 9.55. The molecule has 2 aromatic carbocycles. The molecule has 1 atom stereocenters. The monoisotopic (exact) mass is 431 g/mol. The molecule has 0 bridgehead atoms. The first-order valence-corrected chi connectivity index (χ1v) is 9.93. The van der Waals surface area contributed by atoms with E-state index in [1.165, 1.54) is 27.7 Å². The van der Waals surface area contributed by atoms with Gasteiger partial charge in [0.05, 0.1) is 22.5 Å². The van der Waals surface area contributed by atoms with Crippen molar-refractivity contribution in [3.63, 3.8) is 0 Å². The van der Waals surface area contributed by atoms with E-state index in [4.69, 9.17) is 16.3 Å². The van der Waals surface area contributed by atoms with E-state index in [-0.39, 0.29) is 11.1 Å². The molecule has 0 saturated carbocycles. The van der Waals surface area contributed by atoms with Crippen LogP contribution in [0.3, 0.4) is 0 Å². The molecule has 0 N–H and O–H groups in total. The first kappa shape index (κ1) is 21.9. The molecule has 0 aliphatic carbocycles. The largest absolute Gasteiger partial charge is 0.385 e. The van der Waals surface area contributed by atoms with Crippen LogP contribution in [0.25, 0.3) is 10.9 Å². The van der Waals surface area contributed by atoms with Gasteiger partial charge in [-0.1, -0.05) is 23.7 Å². The summed E-state index contributed by atoms with van der Waals surface area (Å²) >= 11 is 6.07. The highest BCUT2D eigenvalue weighted by Crippen LogP contribution is 2.24. The lowest BCUT2D eigenvalue weighted by atomic mass is 10.1. The number of methoxy groups -OCH3 is 1. The Morgan fingerprint density at radius 1 is 1.30 bits per heavy atom. The molecule has 0 fully saturated rings. The van der Waals surface area contributed by atoms with Gasteiger partial charge < -0.3 is 9.64 Å². The van der Waals surface area contributed by atoms with Crippen LogP contribution in [0, 0.1) is 5.82 Å². The Hall–Kier alpha value is -2.77. The van der Waals surface area contributed by atoms with Crippen molar-refractivity contribution >= 4 is 28.4 Å². The van der Waals surface area contributed by atoms with Gasteiger partial charge in [0.1, 0.15) is 11.6 Å². The molecule has 0 radical (unpaired) electrons. The number of rotatable bonds is 7. The number of hydrogen-bond donors (Lipinski definition) is 0. The predicted octanol–water partition coefficient (Wildman–Crippen LogP) is 3.97. The molecular weight excluding hydrogens is 409 g/mol. The highest BCUT2D eigenvalue weighted by atomic mass is 35.5. The van der Waals surface area contributed by atoms with E-state index in [1.54, 1.807) is 45.3 Å². The Morgan fingerprint density at radius 3 is 2.73 bits per heavy atom. The number of carbonyl (C=O) groups is 1. The third-order valence-electron chi connectivity index (χ3n) is 5.03. The smallest absolute Gasteiger partial charge is 0.261 e. The topological polar surface area (TPSA) is 64.4 Å². The molecule has 8 heteroatoms. The summed E-state index contributed by atoms with van der Waals surface area (Å²) in [6.45, 7) is 2.52. The molecule has 0 spiro atoms. The molecule has 1 heterocycles. The Kier molecular flexibility index (Phi) is 6.84. The van der Waals surface area contributed by atoms with Crippen molar-refractivity contribution in [2.75, 3.05) is 20.3 Å². The molecule has 1 unspecified atom stereocenters. The summed E-state index contributed by atoms with van der Waals surface area (Å²) in [5.41, 5.74) is 0.173. The summed E-state index contributed by atoms with van der Waals surface area (Å²) in [4.78, 5) is 32.1. The van der Waals surface area contributed by atoms with E-state index in [0.717, 1.165) is 0 Å². The Morgan fingerprint density at radius 2 is 2.03 bits per heavy atom. The van der Waals surface area contributed by atoms with E-state index in [0.29, 0.717) is 41.3 Å². The van der Waals surface area contributed by atoms with Crippen molar-refractivity contribution < 1.29 is 13.9 Å². The molecule has 0 saturated heterocycles. The van der Waals surface area contributed by atoms with Gasteiger partial charge >= 0.3 is 0 Å². The number of amides is 1. The molecular formula is C22H23ClFN3O3. The van der Waals surface area contributed by atoms with Gasteiger partial charge in [-0.2, -0.15) is 0 Å². The van der Waals surface area contributed by atoms with Gasteiger partial charge in [0, 0.05) is 32.3 Å². The van der Waals surface area contributed by atoms with Crippen molar-refractivity contribution in [3.8, 4) is 0 Å². The van der Waals surface area contributed by atoms with Gasteiger partial charge in [-0.25, -0.2) is 9.37 Å². The van der Waals surface area contributed by atoms with Crippen LogP contribution < -0.4 is 5.56 Å². The number of hydrogen-bond acceptors (Lipinski definition) is 4. The normalized spacial score (nSPS) is 12.2. The number of carbonyl (C=O) groups excluding carboxylic acids is 1. The van der Waals surface area contributed by atoms with E-state index >= 15 is 0 Å². The second-order valence-corrected chi connectivity index (χ2v) is 7.43. The van der Waals surface area contributed by atoms with Crippen molar-refractivity contribution in [1.29, 1.82) is 0 Å². The zero-order valence-corrected chi connectivity index (χ0v) is 17.8. The van der Waals surface area contributed by atoms with Gasteiger partial charge in [0.15, 0.2) is 0 Å². The maximum atomic E-state index is 14.3. The van der Waals surface area contributed by atoms with E-state index < -0.39 is 17.8 Å². The van der Waals surface area contributed by atoms with Gasteiger partial charge in [0.2, 0.25) is 0 Å². The summed E-state index contributed by atoms with van der Waals surface area (Å²) in [5.74, 6) is -0.687. The maximum absolute atomic E-state index is 14.3. The van der Waals surface area contributed by atoms with E-state index in [9.17, 15) is 14.0 Å². The van der Waals surface area contributed by atoms with Crippen molar-refractivity contribution in [2.45, 2.75) is 19.4 Å². The summed E-state index contributed by atoms with van der Waals surface area (Å²) in [7, 11) is 3.18. The number of aromatic nitrogens is 2. The Balaban J connectivity index is 2.07. The molecule has 3 aromatic rings. The maximum Gasteiger partial charge on any atom is 0.261 e. The summed E-state index contributed by atoms with van der Waals surface area (Å²) in [6, 6.07) is 10.1. The number of ether oxygens (including phenoxy) is 1. The van der Waals surface area contributed by atoms with Gasteiger partial charge in [-0.05, 0) is 43.7 Å². The number of benzene rings is 2. The van der Waals surface area contributed by atoms with Crippen molar-refractivity contribution in [2.24, 2.45) is 7.05 Å². The zero-order valence-electron chi connectivity index (χ0n) is 17.1. The van der Waals surface area contributed by atoms with Crippen LogP contribution in [0.2, 0.25) is 5.02 Å². The second kappa shape index (κ2) is 9.36. The van der Waals surface area contributed by atoms with Crippen molar-refractivity contribution in [3.05, 3.63) is 75.0 Å². The van der Waals surface area contributed by atoms with Crippen LogP contribution in [0.15, 0.2) is 47.3 Å². The van der Waals surface area contributed by atoms with Gasteiger partial charge in [0.25, 0.3) is 11.5 Å². The van der Waals surface area contributed by atoms with Crippen LogP contribution in [-0.2, 0) is 11.8 Å². The van der Waals surface area contributed by atoms with E-state index in [1.807, 2.05) is 0 Å². The minimum atomic E-state index is -0.599. The minimum absolute atomic E-state index is 0.0319. The third-order valence-corrected chi connectivity index (χ3v) is 5.26. The lowest BCUT2D eigenvalue weighted by molar-refractivity contribution is 0.0651. The Labute approximate surface area is 178 Å². The number of nitrogens with zero attached hydrogens (tertiary/aromatic N) is 3. The fourth-order valence-electron chi connectivity index (χ4n) is 3.41. The minimum Gasteiger partial charge on any atom is -0.385 e. The lowest BCUT2D eigenvalue weighted by Gasteiger charge is -2.30. The zero-order chi connectivity index (χ0) is 21.8. The molecule has 1 aromatic heterocycles. The molecule has 3 rings (SSSR count). The highest BCUT2D eigenvalue weighted by molar-refractivity contribution is 6.31. The van der Waals surface area contributed by atoms with Gasteiger partial charge in [-0.3, -0.25) is 14.2 Å². The average Bonchev–Trinajstić information content (AvgIpc) is 2.73. The SMILES string of the molecule is COCCCN(C(=O)c1ccccc1F)C(C)c1nc2cc(Cl)ccc2c(=O)n1C. The average molecular weight is 432 g/mol. The molecule has 30 heavy (non-hydrogen) atoms. The second-order valence-electron chi connectivity index (χ2n) is 7.00. The molecule has 158 valence electrons. The molecule has 1 amide bonds. The quantitative estimate of drug-likeness (QED) is 0.531. The summed E-state index contributed by atoms with van der Waals surface area (Å²) < 4.78 is 20.8. The molecule has 6 nitrogen and oxygen atoms in total. The lowest BCUT2D eigenvalue weighted by Crippen LogP contribution is -2.38. The molecule has 0 aliphatic rings. The summed E-state index contributed by atoms with van der Waals surface area (Å²) in [6.07, 6.45) is 0.550. The fourth-order valence-corrected chi connectivity index (χ4v) is 3.58. The van der Waals surface area contributed by atoms with Crippen molar-refractivity contribution in [1.82, 2.24) is 14.5 Å². The van der Waals surface area contributed by atoms with Crippen LogP contribution >= 0.6 is 11.6 Å². The van der Waals surface area contributed by atoms with Crippen LogP contribution in [0.1, 0.15) is 35.6 Å². The predicted molar refractivity (Wildman–Crippen MR) is 114 cm³/mol. The van der Waals surface area contributed by atoms with Gasteiger partial charge in [-0.15, -0.1) is 0 Å². The number of fused-ring (bicyclic) bond motifs is 1. The highest BCUT2D eigenvalue weighted by Gasteiger charge is 2.27. The summed E-state index contributed by atoms with van der Waals surface area (Å²) in [5, 5.41) is 0.894.